The zero-order valence-corrected chi connectivity index (χ0v) is 19.5. The number of benzene rings is 4. The van der Waals surface area contributed by atoms with Crippen LogP contribution in [0.15, 0.2) is 101 Å². The number of hydrogen-bond acceptors (Lipinski definition) is 4. The molecular weight excluding hydrogens is 480 g/mol. The smallest absolute Gasteiger partial charge is 0.244 e. The molecule has 1 unspecified atom stereocenters. The van der Waals surface area contributed by atoms with Gasteiger partial charge < -0.3 is 9.47 Å². The Morgan fingerprint density at radius 1 is 0.970 bits per heavy atom. The lowest BCUT2D eigenvalue weighted by Crippen LogP contribution is -2.25. The number of rotatable bonds is 5. The number of carbonyl (C=O) groups excluding carboxylic acids is 1. The van der Waals surface area contributed by atoms with Crippen LogP contribution in [0.3, 0.4) is 0 Å². The number of fused-ring (bicyclic) bond motifs is 1. The average Bonchev–Trinajstić information content (AvgIpc) is 3.28. The Morgan fingerprint density at radius 3 is 2.58 bits per heavy atom. The van der Waals surface area contributed by atoms with E-state index < -0.39 is 6.23 Å². The molecule has 0 saturated carbocycles. The molecule has 4 aromatic rings. The van der Waals surface area contributed by atoms with Crippen LogP contribution in [-0.4, -0.2) is 16.8 Å². The van der Waals surface area contributed by atoms with Crippen LogP contribution in [0.2, 0.25) is 0 Å². The van der Waals surface area contributed by atoms with Gasteiger partial charge in [0.05, 0.1) is 5.56 Å². The van der Waals surface area contributed by atoms with Gasteiger partial charge in [-0.05, 0) is 46.7 Å². The van der Waals surface area contributed by atoms with Gasteiger partial charge in [0.1, 0.15) is 12.4 Å². The lowest BCUT2D eigenvalue weighted by Gasteiger charge is -2.20. The van der Waals surface area contributed by atoms with Crippen molar-refractivity contribution in [3.8, 4) is 5.75 Å². The fourth-order valence-corrected chi connectivity index (χ4v) is 4.26. The third-order valence-corrected chi connectivity index (χ3v) is 5.92. The van der Waals surface area contributed by atoms with E-state index in [9.17, 15) is 4.79 Å². The first kappa shape index (κ1) is 21.2. The summed E-state index contributed by atoms with van der Waals surface area (Å²) in [4.78, 5) is 12.4. The number of hydrazone groups is 1. The Balaban J connectivity index is 1.43. The van der Waals surface area contributed by atoms with E-state index >= 15 is 0 Å². The second-order valence-electron chi connectivity index (χ2n) is 7.76. The number of halogens is 1. The topological polar surface area (TPSA) is 51.1 Å². The minimum absolute atomic E-state index is 0.198. The van der Waals surface area contributed by atoms with Crippen molar-refractivity contribution in [1.82, 2.24) is 5.01 Å². The maximum atomic E-state index is 12.4. The molecule has 0 aliphatic carbocycles. The Labute approximate surface area is 200 Å². The molecule has 1 heterocycles. The summed E-state index contributed by atoms with van der Waals surface area (Å²) < 4.78 is 13.3. The fraction of sp³-hybridized carbons (Fsp3) is 0.111. The van der Waals surface area contributed by atoms with Crippen molar-refractivity contribution in [3.63, 3.8) is 0 Å². The highest BCUT2D eigenvalue weighted by Crippen LogP contribution is 2.34. The first-order valence-electron chi connectivity index (χ1n) is 10.6. The molecule has 5 rings (SSSR count). The van der Waals surface area contributed by atoms with Crippen LogP contribution in [0, 0.1) is 0 Å². The number of ether oxygens (including phenoxy) is 2. The molecule has 1 aliphatic heterocycles. The van der Waals surface area contributed by atoms with Crippen LogP contribution in [0.1, 0.15) is 29.8 Å². The second-order valence-corrected chi connectivity index (χ2v) is 8.68. The van der Waals surface area contributed by atoms with E-state index in [1.807, 2.05) is 84.9 Å². The maximum absolute atomic E-state index is 12.4. The molecule has 1 amide bonds. The summed E-state index contributed by atoms with van der Waals surface area (Å²) in [7, 11) is 0. The summed E-state index contributed by atoms with van der Waals surface area (Å²) >= 11 is 3.49. The van der Waals surface area contributed by atoms with Crippen molar-refractivity contribution in [2.45, 2.75) is 19.8 Å². The monoisotopic (exact) mass is 500 g/mol. The van der Waals surface area contributed by atoms with Gasteiger partial charge in [0.25, 0.3) is 0 Å². The predicted molar refractivity (Wildman–Crippen MR) is 132 cm³/mol. The molecule has 1 aliphatic rings. The minimum atomic E-state index is -0.639. The van der Waals surface area contributed by atoms with Crippen molar-refractivity contribution in [2.75, 3.05) is 0 Å². The Kier molecular flexibility index (Phi) is 5.84. The highest BCUT2D eigenvalue weighted by atomic mass is 79.9. The van der Waals surface area contributed by atoms with Gasteiger partial charge in [0, 0.05) is 17.0 Å². The quantitative estimate of drug-likeness (QED) is 0.317. The number of hydrogen-bond donors (Lipinski definition) is 0. The molecule has 164 valence electrons. The fourth-order valence-electron chi connectivity index (χ4n) is 3.81. The Bertz CT molecular complexity index is 1370. The van der Waals surface area contributed by atoms with E-state index in [1.54, 1.807) is 0 Å². The zero-order valence-electron chi connectivity index (χ0n) is 17.9. The van der Waals surface area contributed by atoms with Gasteiger partial charge in [-0.2, -0.15) is 5.01 Å². The van der Waals surface area contributed by atoms with Crippen LogP contribution in [0.5, 0.6) is 5.75 Å². The first-order chi connectivity index (χ1) is 16.1. The van der Waals surface area contributed by atoms with E-state index in [0.29, 0.717) is 23.8 Å². The summed E-state index contributed by atoms with van der Waals surface area (Å²) in [6.45, 7) is 1.88. The van der Waals surface area contributed by atoms with Crippen molar-refractivity contribution < 1.29 is 14.3 Å². The normalized spacial score (nSPS) is 15.3. The first-order valence-corrected chi connectivity index (χ1v) is 11.4. The molecule has 0 N–H and O–H groups in total. The summed E-state index contributed by atoms with van der Waals surface area (Å²) in [6.07, 6.45) is -0.639. The van der Waals surface area contributed by atoms with Crippen LogP contribution in [-0.2, 0) is 16.1 Å². The van der Waals surface area contributed by atoms with Gasteiger partial charge in [-0.1, -0.05) is 76.6 Å². The van der Waals surface area contributed by atoms with E-state index in [4.69, 9.17) is 9.47 Å². The van der Waals surface area contributed by atoms with Gasteiger partial charge in [-0.15, -0.1) is 5.10 Å². The number of amides is 1. The molecular formula is C27H21BrN2O3. The molecule has 6 heteroatoms. The largest absolute Gasteiger partial charge is 0.488 e. The third kappa shape index (κ3) is 4.47. The SMILES string of the molecule is CC(=O)N1N=C(c2ccccc2OCc2cccc(Br)c2)OC1c1ccc2ccccc2c1. The number of carbonyl (C=O) groups is 1. The molecule has 1 atom stereocenters. The number of nitrogens with zero attached hydrogens (tertiary/aromatic N) is 2. The van der Waals surface area contributed by atoms with Crippen molar-refractivity contribution in [1.29, 1.82) is 0 Å². The summed E-state index contributed by atoms with van der Waals surface area (Å²) in [5.41, 5.74) is 2.59. The van der Waals surface area contributed by atoms with Gasteiger partial charge >= 0.3 is 0 Å². The standard InChI is InChI=1S/C27H21BrN2O3/c1-18(31)30-27(22-14-13-20-8-2-3-9-21(20)16-22)33-26(29-30)24-11-4-5-12-25(24)32-17-19-7-6-10-23(28)15-19/h2-16,27H,17H2,1H3. The maximum Gasteiger partial charge on any atom is 0.244 e. The van der Waals surface area contributed by atoms with Crippen molar-refractivity contribution in [2.24, 2.45) is 5.10 Å². The molecule has 0 aromatic heterocycles. The minimum Gasteiger partial charge on any atom is -0.488 e. The van der Waals surface area contributed by atoms with Crippen LogP contribution >= 0.6 is 15.9 Å². The predicted octanol–water partition coefficient (Wildman–Crippen LogP) is 6.42. The lowest BCUT2D eigenvalue weighted by atomic mass is 10.1. The molecule has 5 nitrogen and oxygen atoms in total. The van der Waals surface area contributed by atoms with Crippen LogP contribution in [0.4, 0.5) is 0 Å². The summed E-state index contributed by atoms with van der Waals surface area (Å²) in [5.74, 6) is 0.794. The van der Waals surface area contributed by atoms with E-state index in [2.05, 4.69) is 27.1 Å². The van der Waals surface area contributed by atoms with E-state index in [1.165, 1.54) is 11.9 Å². The van der Waals surface area contributed by atoms with Crippen LogP contribution < -0.4 is 4.74 Å². The second kappa shape index (κ2) is 9.08. The van der Waals surface area contributed by atoms with Crippen molar-refractivity contribution >= 4 is 38.5 Å². The molecule has 0 bridgehead atoms. The number of para-hydroxylation sites is 1. The summed E-state index contributed by atoms with van der Waals surface area (Å²) in [6, 6.07) is 29.6. The Morgan fingerprint density at radius 2 is 1.76 bits per heavy atom. The molecule has 0 spiro atoms. The highest BCUT2D eigenvalue weighted by Gasteiger charge is 2.34. The van der Waals surface area contributed by atoms with E-state index in [0.717, 1.165) is 26.4 Å². The van der Waals surface area contributed by atoms with E-state index in [-0.39, 0.29) is 5.91 Å². The molecule has 4 aromatic carbocycles. The lowest BCUT2D eigenvalue weighted by molar-refractivity contribution is -0.135. The third-order valence-electron chi connectivity index (χ3n) is 5.43. The van der Waals surface area contributed by atoms with Gasteiger partial charge in [0.2, 0.25) is 18.0 Å². The van der Waals surface area contributed by atoms with Crippen LogP contribution in [0.25, 0.3) is 10.8 Å². The van der Waals surface area contributed by atoms with Gasteiger partial charge in [0.15, 0.2) is 0 Å². The summed E-state index contributed by atoms with van der Waals surface area (Å²) in [5, 5.41) is 8.10. The molecule has 33 heavy (non-hydrogen) atoms. The Hall–Kier alpha value is -3.64. The van der Waals surface area contributed by atoms with Gasteiger partial charge in [-0.3, -0.25) is 4.79 Å². The zero-order chi connectivity index (χ0) is 22.8. The highest BCUT2D eigenvalue weighted by molar-refractivity contribution is 9.10. The molecule has 0 saturated heterocycles. The average molecular weight is 501 g/mol. The van der Waals surface area contributed by atoms with Crippen molar-refractivity contribution in [3.05, 3.63) is 112 Å². The molecule has 0 fully saturated rings. The molecule has 0 radical (unpaired) electrons. The van der Waals surface area contributed by atoms with Gasteiger partial charge in [-0.25, -0.2) is 0 Å².